The first kappa shape index (κ1) is 13.3. The van der Waals surface area contributed by atoms with Gasteiger partial charge in [-0.15, -0.1) is 12.4 Å². The number of carbonyl (C=O) groups excluding carboxylic acids is 1. The summed E-state index contributed by atoms with van der Waals surface area (Å²) in [5.41, 5.74) is 5.26. The van der Waals surface area contributed by atoms with Gasteiger partial charge >= 0.3 is 5.97 Å². The van der Waals surface area contributed by atoms with Gasteiger partial charge in [0, 0.05) is 0 Å². The van der Waals surface area contributed by atoms with Crippen LogP contribution in [0.5, 0.6) is 0 Å². The van der Waals surface area contributed by atoms with E-state index in [0.717, 1.165) is 6.42 Å². The molecule has 0 heterocycles. The second-order valence-corrected chi connectivity index (χ2v) is 2.44. The molecule has 0 spiro atoms. The molecule has 0 rings (SSSR count). The van der Waals surface area contributed by atoms with E-state index in [4.69, 9.17) is 10.5 Å². The Morgan fingerprint density at radius 2 is 2.00 bits per heavy atom. The molecule has 2 N–H and O–H groups in total. The minimum atomic E-state index is -0.506. The molecule has 0 saturated heterocycles. The van der Waals surface area contributed by atoms with Crippen LogP contribution in [0.25, 0.3) is 0 Å². The zero-order chi connectivity index (χ0) is 8.15. The van der Waals surface area contributed by atoms with Gasteiger partial charge < -0.3 is 10.5 Å². The first-order chi connectivity index (χ1) is 4.57. The van der Waals surface area contributed by atoms with Gasteiger partial charge in [0.15, 0.2) is 0 Å². The van der Waals surface area contributed by atoms with E-state index in [2.05, 4.69) is 0 Å². The predicted molar refractivity (Wildman–Crippen MR) is 46.7 cm³/mol. The van der Waals surface area contributed by atoms with Gasteiger partial charge in [-0.25, -0.2) is 0 Å². The Hall–Kier alpha value is -0.280. The summed E-state index contributed by atoms with van der Waals surface area (Å²) in [5, 5.41) is 0. The van der Waals surface area contributed by atoms with Crippen molar-refractivity contribution in [1.29, 1.82) is 0 Å². The average Bonchev–Trinajstić information content (AvgIpc) is 1.87. The first-order valence-corrected chi connectivity index (χ1v) is 3.54. The summed E-state index contributed by atoms with van der Waals surface area (Å²) in [5.74, 6) is -0.325. The number of halogens is 1. The highest BCUT2D eigenvalue weighted by Gasteiger charge is 2.11. The van der Waals surface area contributed by atoms with Gasteiger partial charge in [0.05, 0.1) is 6.10 Å². The summed E-state index contributed by atoms with van der Waals surface area (Å²) in [4.78, 5) is 10.8. The summed E-state index contributed by atoms with van der Waals surface area (Å²) >= 11 is 0. The zero-order valence-corrected chi connectivity index (χ0v) is 7.98. The largest absolute Gasteiger partial charge is 0.462 e. The van der Waals surface area contributed by atoms with Gasteiger partial charge in [0.2, 0.25) is 0 Å². The fraction of sp³-hybridized carbons (Fsp3) is 0.857. The summed E-state index contributed by atoms with van der Waals surface area (Å²) in [7, 11) is 0. The summed E-state index contributed by atoms with van der Waals surface area (Å²) < 4.78 is 4.90. The van der Waals surface area contributed by atoms with Crippen LogP contribution < -0.4 is 5.73 Å². The van der Waals surface area contributed by atoms with Gasteiger partial charge in [-0.05, 0) is 20.3 Å². The third-order valence-corrected chi connectivity index (χ3v) is 1.26. The van der Waals surface area contributed by atoms with Crippen LogP contribution in [-0.4, -0.2) is 18.1 Å². The molecule has 0 saturated carbocycles. The standard InChI is InChI=1S/C7H15NO2.ClH/c1-4-5(2)10-7(9)6(3)8;/h5-6H,4,8H2,1-3H3;1H/t5-,6?;/m1./s1. The molecular formula is C7H16ClNO2. The average molecular weight is 182 g/mol. The van der Waals surface area contributed by atoms with E-state index in [1.54, 1.807) is 6.92 Å². The predicted octanol–water partition coefficient (Wildman–Crippen LogP) is 1.10. The lowest BCUT2D eigenvalue weighted by Crippen LogP contribution is -2.31. The lowest BCUT2D eigenvalue weighted by Gasteiger charge is -2.11. The van der Waals surface area contributed by atoms with Crippen molar-refractivity contribution in [2.75, 3.05) is 0 Å². The van der Waals surface area contributed by atoms with E-state index in [-0.39, 0.29) is 24.5 Å². The molecule has 0 aromatic rings. The van der Waals surface area contributed by atoms with Crippen LogP contribution in [0, 0.1) is 0 Å². The maximum Gasteiger partial charge on any atom is 0.322 e. The Kier molecular flexibility index (Phi) is 7.79. The number of nitrogens with two attached hydrogens (primary N) is 1. The van der Waals surface area contributed by atoms with Gasteiger partial charge in [-0.2, -0.15) is 0 Å². The third-order valence-electron chi connectivity index (χ3n) is 1.26. The normalized spacial score (nSPS) is 14.5. The summed E-state index contributed by atoms with van der Waals surface area (Å²) in [6.07, 6.45) is 0.817. The second-order valence-electron chi connectivity index (χ2n) is 2.44. The Balaban J connectivity index is 0. The molecule has 68 valence electrons. The molecule has 0 bridgehead atoms. The second kappa shape index (κ2) is 6.43. The molecule has 0 aliphatic carbocycles. The smallest absolute Gasteiger partial charge is 0.322 e. The van der Waals surface area contributed by atoms with Gasteiger partial charge in [-0.3, -0.25) is 4.79 Å². The Morgan fingerprint density at radius 1 is 1.55 bits per heavy atom. The summed E-state index contributed by atoms with van der Waals surface area (Å²) in [6, 6.07) is -0.506. The number of esters is 1. The number of rotatable bonds is 3. The van der Waals surface area contributed by atoms with Gasteiger partial charge in [0.1, 0.15) is 6.04 Å². The van der Waals surface area contributed by atoms with Crippen molar-refractivity contribution >= 4 is 18.4 Å². The number of carbonyl (C=O) groups is 1. The zero-order valence-electron chi connectivity index (χ0n) is 7.16. The van der Waals surface area contributed by atoms with Crippen molar-refractivity contribution in [2.24, 2.45) is 5.73 Å². The van der Waals surface area contributed by atoms with E-state index in [1.807, 2.05) is 13.8 Å². The van der Waals surface area contributed by atoms with E-state index >= 15 is 0 Å². The van der Waals surface area contributed by atoms with Crippen molar-refractivity contribution in [2.45, 2.75) is 39.3 Å². The number of hydrogen-bond donors (Lipinski definition) is 1. The highest BCUT2D eigenvalue weighted by molar-refractivity contribution is 5.85. The van der Waals surface area contributed by atoms with Crippen molar-refractivity contribution in [3.63, 3.8) is 0 Å². The highest BCUT2D eigenvalue weighted by Crippen LogP contribution is 1.97. The molecular weight excluding hydrogens is 166 g/mol. The minimum Gasteiger partial charge on any atom is -0.462 e. The third kappa shape index (κ3) is 6.13. The SMILES string of the molecule is CC[C@@H](C)OC(=O)C(C)N.Cl. The number of ether oxygens (including phenoxy) is 1. The minimum absolute atomic E-state index is 0. The van der Waals surface area contributed by atoms with Crippen molar-refractivity contribution in [3.8, 4) is 0 Å². The molecule has 4 heteroatoms. The van der Waals surface area contributed by atoms with Crippen molar-refractivity contribution in [1.82, 2.24) is 0 Å². The molecule has 0 aromatic carbocycles. The molecule has 0 radical (unpaired) electrons. The van der Waals surface area contributed by atoms with E-state index < -0.39 is 6.04 Å². The molecule has 0 aliphatic rings. The van der Waals surface area contributed by atoms with Gasteiger partial charge in [0.25, 0.3) is 0 Å². The Morgan fingerprint density at radius 3 is 2.27 bits per heavy atom. The molecule has 11 heavy (non-hydrogen) atoms. The van der Waals surface area contributed by atoms with E-state index in [9.17, 15) is 4.79 Å². The Bertz CT molecular complexity index is 117. The monoisotopic (exact) mass is 181 g/mol. The Labute approximate surface area is 73.7 Å². The van der Waals surface area contributed by atoms with Crippen LogP contribution in [0.1, 0.15) is 27.2 Å². The van der Waals surface area contributed by atoms with E-state index in [0.29, 0.717) is 0 Å². The molecule has 0 aromatic heterocycles. The van der Waals surface area contributed by atoms with Crippen LogP contribution in [0.3, 0.4) is 0 Å². The molecule has 0 amide bonds. The van der Waals surface area contributed by atoms with Crippen LogP contribution in [0.2, 0.25) is 0 Å². The van der Waals surface area contributed by atoms with Crippen molar-refractivity contribution in [3.05, 3.63) is 0 Å². The van der Waals surface area contributed by atoms with Crippen LogP contribution in [0.15, 0.2) is 0 Å². The molecule has 1 unspecified atom stereocenters. The van der Waals surface area contributed by atoms with Crippen LogP contribution in [-0.2, 0) is 9.53 Å². The number of hydrogen-bond acceptors (Lipinski definition) is 3. The lowest BCUT2D eigenvalue weighted by atomic mass is 10.3. The summed E-state index contributed by atoms with van der Waals surface area (Å²) in [6.45, 7) is 5.42. The fourth-order valence-electron chi connectivity index (χ4n) is 0.389. The van der Waals surface area contributed by atoms with E-state index in [1.165, 1.54) is 0 Å². The van der Waals surface area contributed by atoms with Crippen LogP contribution in [0.4, 0.5) is 0 Å². The lowest BCUT2D eigenvalue weighted by molar-refractivity contribution is -0.149. The fourth-order valence-corrected chi connectivity index (χ4v) is 0.389. The highest BCUT2D eigenvalue weighted by atomic mass is 35.5. The topological polar surface area (TPSA) is 52.3 Å². The maximum absolute atomic E-state index is 10.8. The molecule has 0 aliphatic heterocycles. The maximum atomic E-state index is 10.8. The molecule has 3 nitrogen and oxygen atoms in total. The van der Waals surface area contributed by atoms with Crippen molar-refractivity contribution < 1.29 is 9.53 Å². The van der Waals surface area contributed by atoms with Gasteiger partial charge in [-0.1, -0.05) is 6.92 Å². The van der Waals surface area contributed by atoms with Crippen LogP contribution >= 0.6 is 12.4 Å². The quantitative estimate of drug-likeness (QED) is 0.664. The molecule has 0 fully saturated rings. The first-order valence-electron chi connectivity index (χ1n) is 3.54. The molecule has 2 atom stereocenters.